The summed E-state index contributed by atoms with van der Waals surface area (Å²) < 4.78 is 0. The van der Waals surface area contributed by atoms with Crippen molar-refractivity contribution in [1.29, 1.82) is 0 Å². The molecule has 0 aromatic heterocycles. The highest BCUT2D eigenvalue weighted by Crippen LogP contribution is 2.02. The minimum Gasteiger partial charge on any atom is -0.306 e. The van der Waals surface area contributed by atoms with E-state index in [-0.39, 0.29) is 11.9 Å². The zero-order chi connectivity index (χ0) is 10.5. The Hall–Kier alpha value is -1.39. The highest BCUT2D eigenvalue weighted by atomic mass is 16.6. The quantitative estimate of drug-likeness (QED) is 0.709. The number of amides is 1. The SMILES string of the molecule is O=C(NOCc1ccccc1)C1CCN1. The third kappa shape index (κ3) is 2.78. The van der Waals surface area contributed by atoms with Crippen LogP contribution in [0, 0.1) is 0 Å². The molecule has 80 valence electrons. The van der Waals surface area contributed by atoms with Crippen LogP contribution >= 0.6 is 0 Å². The molecule has 1 saturated heterocycles. The number of hydrogen-bond acceptors (Lipinski definition) is 3. The fourth-order valence-electron chi connectivity index (χ4n) is 1.35. The summed E-state index contributed by atoms with van der Waals surface area (Å²) in [6.07, 6.45) is 0.889. The maximum absolute atomic E-state index is 11.3. The van der Waals surface area contributed by atoms with Crippen LogP contribution in [-0.2, 0) is 16.2 Å². The first-order valence-electron chi connectivity index (χ1n) is 5.05. The van der Waals surface area contributed by atoms with Gasteiger partial charge in [-0.25, -0.2) is 5.48 Å². The summed E-state index contributed by atoms with van der Waals surface area (Å²) >= 11 is 0. The number of hydroxylamine groups is 1. The fourth-order valence-corrected chi connectivity index (χ4v) is 1.35. The predicted octanol–water partition coefficient (Wildman–Crippen LogP) is 0.596. The van der Waals surface area contributed by atoms with E-state index < -0.39 is 0 Å². The molecule has 0 spiro atoms. The molecule has 1 amide bonds. The Morgan fingerprint density at radius 3 is 2.80 bits per heavy atom. The van der Waals surface area contributed by atoms with Gasteiger partial charge >= 0.3 is 0 Å². The van der Waals surface area contributed by atoms with Gasteiger partial charge in [0.05, 0.1) is 12.6 Å². The summed E-state index contributed by atoms with van der Waals surface area (Å²) in [6.45, 7) is 1.32. The number of nitrogens with one attached hydrogen (secondary N) is 2. The zero-order valence-electron chi connectivity index (χ0n) is 8.40. The van der Waals surface area contributed by atoms with Gasteiger partial charge in [-0.05, 0) is 18.5 Å². The third-order valence-corrected chi connectivity index (χ3v) is 2.39. The lowest BCUT2D eigenvalue weighted by Crippen LogP contribution is -2.53. The second kappa shape index (κ2) is 4.91. The van der Waals surface area contributed by atoms with E-state index in [1.165, 1.54) is 0 Å². The first kappa shape index (κ1) is 10.1. The van der Waals surface area contributed by atoms with Crippen LogP contribution < -0.4 is 10.8 Å². The van der Waals surface area contributed by atoms with Crippen LogP contribution in [0.2, 0.25) is 0 Å². The molecule has 15 heavy (non-hydrogen) atoms. The van der Waals surface area contributed by atoms with E-state index >= 15 is 0 Å². The maximum Gasteiger partial charge on any atom is 0.260 e. The number of hydrogen-bond donors (Lipinski definition) is 2. The summed E-state index contributed by atoms with van der Waals surface area (Å²) in [5, 5.41) is 3.00. The molecule has 0 aliphatic carbocycles. The van der Waals surface area contributed by atoms with Gasteiger partial charge in [-0.1, -0.05) is 30.3 Å². The fraction of sp³-hybridized carbons (Fsp3) is 0.364. The average molecular weight is 206 g/mol. The zero-order valence-corrected chi connectivity index (χ0v) is 8.40. The topological polar surface area (TPSA) is 50.4 Å². The molecular formula is C11H14N2O2. The second-order valence-corrected chi connectivity index (χ2v) is 3.54. The molecule has 1 heterocycles. The lowest BCUT2D eigenvalue weighted by molar-refractivity contribution is -0.138. The summed E-state index contributed by atoms with van der Waals surface area (Å²) in [5.74, 6) is -0.0859. The van der Waals surface area contributed by atoms with Crippen molar-refractivity contribution in [2.24, 2.45) is 0 Å². The summed E-state index contributed by atoms with van der Waals surface area (Å²) in [4.78, 5) is 16.4. The first-order chi connectivity index (χ1) is 7.36. The van der Waals surface area contributed by atoms with Crippen molar-refractivity contribution in [2.45, 2.75) is 19.1 Å². The molecule has 1 aliphatic heterocycles. The van der Waals surface area contributed by atoms with Crippen LogP contribution in [0.4, 0.5) is 0 Å². The van der Waals surface area contributed by atoms with Crippen LogP contribution in [0.25, 0.3) is 0 Å². The van der Waals surface area contributed by atoms with Crippen LogP contribution in [0.1, 0.15) is 12.0 Å². The van der Waals surface area contributed by atoms with Crippen LogP contribution in [0.3, 0.4) is 0 Å². The van der Waals surface area contributed by atoms with Gasteiger partial charge in [-0.3, -0.25) is 9.63 Å². The van der Waals surface area contributed by atoms with Crippen molar-refractivity contribution in [1.82, 2.24) is 10.8 Å². The minimum absolute atomic E-state index is 0.0687. The van der Waals surface area contributed by atoms with Crippen molar-refractivity contribution < 1.29 is 9.63 Å². The Labute approximate surface area is 88.6 Å². The molecule has 2 N–H and O–H groups in total. The molecule has 4 nitrogen and oxygen atoms in total. The summed E-state index contributed by atoms with van der Waals surface area (Å²) in [6, 6.07) is 9.66. The van der Waals surface area contributed by atoms with E-state index in [0.29, 0.717) is 6.61 Å². The Balaban J connectivity index is 1.68. The first-order valence-corrected chi connectivity index (χ1v) is 5.05. The second-order valence-electron chi connectivity index (χ2n) is 3.54. The standard InChI is InChI=1S/C11H14N2O2/c14-11(10-6-7-12-10)13-15-8-9-4-2-1-3-5-9/h1-5,10,12H,6-8H2,(H,13,14). The van der Waals surface area contributed by atoms with E-state index in [9.17, 15) is 4.79 Å². The van der Waals surface area contributed by atoms with Gasteiger partial charge in [-0.15, -0.1) is 0 Å². The van der Waals surface area contributed by atoms with E-state index in [1.807, 2.05) is 30.3 Å². The van der Waals surface area contributed by atoms with Gasteiger partial charge in [0.15, 0.2) is 0 Å². The van der Waals surface area contributed by atoms with Crippen molar-refractivity contribution in [2.75, 3.05) is 6.54 Å². The van der Waals surface area contributed by atoms with Crippen molar-refractivity contribution >= 4 is 5.91 Å². The normalized spacial score (nSPS) is 19.3. The molecule has 1 fully saturated rings. The molecule has 0 saturated carbocycles. The lowest BCUT2D eigenvalue weighted by Gasteiger charge is -2.25. The Morgan fingerprint density at radius 1 is 1.47 bits per heavy atom. The van der Waals surface area contributed by atoms with Crippen LogP contribution in [0.5, 0.6) is 0 Å². The smallest absolute Gasteiger partial charge is 0.260 e. The molecule has 0 radical (unpaired) electrons. The maximum atomic E-state index is 11.3. The molecule has 1 atom stereocenters. The van der Waals surface area contributed by atoms with E-state index in [2.05, 4.69) is 10.8 Å². The van der Waals surface area contributed by atoms with Crippen LogP contribution in [-0.4, -0.2) is 18.5 Å². The molecule has 1 unspecified atom stereocenters. The molecule has 2 rings (SSSR count). The van der Waals surface area contributed by atoms with E-state index in [1.54, 1.807) is 0 Å². The molecule has 1 aliphatic rings. The third-order valence-electron chi connectivity index (χ3n) is 2.39. The summed E-state index contributed by atoms with van der Waals surface area (Å²) in [5.41, 5.74) is 3.47. The van der Waals surface area contributed by atoms with E-state index in [4.69, 9.17) is 4.84 Å². The molecule has 1 aromatic carbocycles. The molecular weight excluding hydrogens is 192 g/mol. The van der Waals surface area contributed by atoms with Crippen molar-refractivity contribution in [3.8, 4) is 0 Å². The average Bonchev–Trinajstić information content (AvgIpc) is 2.16. The highest BCUT2D eigenvalue weighted by molar-refractivity contribution is 5.81. The van der Waals surface area contributed by atoms with Gasteiger partial charge in [0.2, 0.25) is 0 Å². The Morgan fingerprint density at radius 2 is 2.20 bits per heavy atom. The largest absolute Gasteiger partial charge is 0.306 e. The van der Waals surface area contributed by atoms with Gasteiger partial charge in [-0.2, -0.15) is 0 Å². The highest BCUT2D eigenvalue weighted by Gasteiger charge is 2.24. The number of benzene rings is 1. The van der Waals surface area contributed by atoms with Gasteiger partial charge < -0.3 is 5.32 Å². The molecule has 0 bridgehead atoms. The molecule has 4 heteroatoms. The number of carbonyl (C=O) groups is 1. The predicted molar refractivity (Wildman–Crippen MR) is 55.8 cm³/mol. The van der Waals surface area contributed by atoms with Gasteiger partial charge in [0, 0.05) is 0 Å². The number of carbonyl (C=O) groups excluding carboxylic acids is 1. The minimum atomic E-state index is -0.0859. The molecule has 1 aromatic rings. The Bertz CT molecular complexity index is 323. The Kier molecular flexibility index (Phi) is 3.32. The van der Waals surface area contributed by atoms with Gasteiger partial charge in [0.1, 0.15) is 0 Å². The van der Waals surface area contributed by atoms with Gasteiger partial charge in [0.25, 0.3) is 5.91 Å². The monoisotopic (exact) mass is 206 g/mol. The number of rotatable bonds is 4. The van der Waals surface area contributed by atoms with Crippen LogP contribution in [0.15, 0.2) is 30.3 Å². The summed E-state index contributed by atoms with van der Waals surface area (Å²) in [7, 11) is 0. The van der Waals surface area contributed by atoms with Crippen molar-refractivity contribution in [3.63, 3.8) is 0 Å². The van der Waals surface area contributed by atoms with Crippen molar-refractivity contribution in [3.05, 3.63) is 35.9 Å². The van der Waals surface area contributed by atoms with E-state index in [0.717, 1.165) is 18.5 Å². The lowest BCUT2D eigenvalue weighted by atomic mass is 10.1.